The van der Waals surface area contributed by atoms with Gasteiger partial charge in [0.25, 0.3) is 0 Å². The average Bonchev–Trinajstić information content (AvgIpc) is 2.91. The number of carbonyl (C=O) groups is 1. The van der Waals surface area contributed by atoms with Crippen LogP contribution in [0.15, 0.2) is 64.5 Å². The number of rotatable bonds is 6. The predicted molar refractivity (Wildman–Crippen MR) is 123 cm³/mol. The minimum absolute atomic E-state index is 0.216. The van der Waals surface area contributed by atoms with Crippen LogP contribution in [0.5, 0.6) is 0 Å². The highest BCUT2D eigenvalue weighted by Gasteiger charge is 2.52. The zero-order valence-corrected chi connectivity index (χ0v) is 19.4. The average molecular weight is 472 g/mol. The lowest BCUT2D eigenvalue weighted by molar-refractivity contribution is 0.00578. The number of hydrogen-bond acceptors (Lipinski definition) is 4. The summed E-state index contributed by atoms with van der Waals surface area (Å²) in [7, 11) is -0.566. The van der Waals surface area contributed by atoms with Crippen molar-refractivity contribution >= 4 is 35.2 Å². The van der Waals surface area contributed by atoms with Crippen LogP contribution in [0.2, 0.25) is 0 Å². The molecule has 0 unspecified atom stereocenters. The first-order valence-corrected chi connectivity index (χ1v) is 10.7. The van der Waals surface area contributed by atoms with Crippen LogP contribution in [0.4, 0.5) is 4.79 Å². The molecule has 1 amide bonds. The summed E-state index contributed by atoms with van der Waals surface area (Å²) in [6.07, 6.45) is 1.49. The van der Waals surface area contributed by atoms with Gasteiger partial charge in [-0.25, -0.2) is 4.79 Å². The van der Waals surface area contributed by atoms with Crippen molar-refractivity contribution in [2.24, 2.45) is 0 Å². The van der Waals surface area contributed by atoms with E-state index in [1.165, 1.54) is 0 Å². The minimum atomic E-state index is -0.566. The molecule has 0 bridgehead atoms. The lowest BCUT2D eigenvalue weighted by Gasteiger charge is -2.32. The highest BCUT2D eigenvalue weighted by atomic mass is 79.9. The van der Waals surface area contributed by atoms with Gasteiger partial charge < -0.3 is 19.4 Å². The van der Waals surface area contributed by atoms with Gasteiger partial charge >= 0.3 is 13.2 Å². The molecule has 30 heavy (non-hydrogen) atoms. The van der Waals surface area contributed by atoms with Crippen LogP contribution >= 0.6 is 15.9 Å². The lowest BCUT2D eigenvalue weighted by Crippen LogP contribution is -2.41. The number of amides is 1. The Morgan fingerprint density at radius 3 is 2.37 bits per heavy atom. The first-order valence-electron chi connectivity index (χ1n) is 9.92. The molecule has 5 nitrogen and oxygen atoms in total. The van der Waals surface area contributed by atoms with E-state index in [0.29, 0.717) is 0 Å². The summed E-state index contributed by atoms with van der Waals surface area (Å²) in [4.78, 5) is 12.2. The molecule has 0 aromatic heterocycles. The van der Waals surface area contributed by atoms with Gasteiger partial charge in [0.15, 0.2) is 0 Å². The molecule has 7 heteroatoms. The fraction of sp³-hybridized carbons (Fsp3) is 0.348. The number of halogens is 1. The summed E-state index contributed by atoms with van der Waals surface area (Å²) in [5, 5.41) is 2.82. The minimum Gasteiger partial charge on any atom is -0.445 e. The van der Waals surface area contributed by atoms with Gasteiger partial charge in [0.2, 0.25) is 0 Å². The van der Waals surface area contributed by atoms with Gasteiger partial charge in [-0.05, 0) is 56.4 Å². The number of ether oxygens (including phenoxy) is 1. The van der Waals surface area contributed by atoms with Crippen molar-refractivity contribution < 1.29 is 18.8 Å². The highest BCUT2D eigenvalue weighted by molar-refractivity contribution is 9.10. The van der Waals surface area contributed by atoms with E-state index in [1.807, 2.05) is 88.4 Å². The van der Waals surface area contributed by atoms with E-state index in [-0.39, 0.29) is 13.2 Å². The number of nitrogens with one attached hydrogen (secondary N) is 1. The van der Waals surface area contributed by atoms with Gasteiger partial charge in [0.1, 0.15) is 6.61 Å². The van der Waals surface area contributed by atoms with Gasteiger partial charge in [0.05, 0.1) is 11.2 Å². The van der Waals surface area contributed by atoms with E-state index in [4.69, 9.17) is 14.0 Å². The third-order valence-electron chi connectivity index (χ3n) is 5.41. The molecule has 2 aromatic carbocycles. The zero-order chi connectivity index (χ0) is 21.8. The maximum absolute atomic E-state index is 12.2. The maximum atomic E-state index is 12.2. The van der Waals surface area contributed by atoms with Crippen LogP contribution in [0, 0.1) is 0 Å². The van der Waals surface area contributed by atoms with Crippen LogP contribution in [0.1, 0.15) is 38.8 Å². The number of benzene rings is 2. The molecule has 0 radical (unpaired) electrons. The summed E-state index contributed by atoms with van der Waals surface area (Å²) in [5.74, 6) is 0. The molecular weight excluding hydrogens is 445 g/mol. The first-order chi connectivity index (χ1) is 14.2. The maximum Gasteiger partial charge on any atom is 0.492 e. The summed E-state index contributed by atoms with van der Waals surface area (Å²) in [6.45, 7) is 8.48. The van der Waals surface area contributed by atoms with Gasteiger partial charge in [-0.15, -0.1) is 0 Å². The van der Waals surface area contributed by atoms with Gasteiger partial charge in [-0.2, -0.15) is 0 Å². The quantitative estimate of drug-likeness (QED) is 0.573. The first kappa shape index (κ1) is 22.6. The van der Waals surface area contributed by atoms with Crippen LogP contribution in [-0.4, -0.2) is 31.0 Å². The number of carbonyl (C=O) groups excluding carboxylic acids is 1. The standard InChI is InChI=1S/C23H27BBrNO4/c1-22(2)23(3,4)30-24(29-22)19(13-18-11-8-12-20(25)14-18)15-26-21(27)28-16-17-9-6-5-7-10-17/h5-14H,15-16H2,1-4H3,(H,26,27). The molecule has 1 aliphatic rings. The molecule has 3 rings (SSSR count). The lowest BCUT2D eigenvalue weighted by atomic mass is 9.77. The molecule has 158 valence electrons. The molecule has 0 spiro atoms. The molecule has 1 saturated heterocycles. The van der Waals surface area contributed by atoms with Crippen molar-refractivity contribution in [1.29, 1.82) is 0 Å². The van der Waals surface area contributed by atoms with Crippen molar-refractivity contribution in [1.82, 2.24) is 5.32 Å². The Labute approximate surface area is 187 Å². The third kappa shape index (κ3) is 5.75. The second kappa shape index (κ2) is 9.37. The van der Waals surface area contributed by atoms with Crippen LogP contribution in [0.3, 0.4) is 0 Å². The summed E-state index contributed by atoms with van der Waals surface area (Å²) in [5.41, 5.74) is 1.78. The summed E-state index contributed by atoms with van der Waals surface area (Å²) < 4.78 is 18.7. The Hall–Kier alpha value is -2.09. The van der Waals surface area contributed by atoms with E-state index < -0.39 is 24.4 Å². The summed E-state index contributed by atoms with van der Waals surface area (Å²) in [6, 6.07) is 17.5. The Morgan fingerprint density at radius 1 is 1.07 bits per heavy atom. The predicted octanol–water partition coefficient (Wildman–Crippen LogP) is 5.39. The van der Waals surface area contributed by atoms with Crippen LogP contribution < -0.4 is 5.32 Å². The Morgan fingerprint density at radius 2 is 1.73 bits per heavy atom. The highest BCUT2D eigenvalue weighted by Crippen LogP contribution is 2.38. The van der Waals surface area contributed by atoms with Gasteiger partial charge in [-0.3, -0.25) is 0 Å². The van der Waals surface area contributed by atoms with Crippen molar-refractivity contribution in [3.8, 4) is 0 Å². The molecule has 0 aliphatic carbocycles. The van der Waals surface area contributed by atoms with Crippen molar-refractivity contribution in [3.63, 3.8) is 0 Å². The largest absolute Gasteiger partial charge is 0.492 e. The second-order valence-electron chi connectivity index (χ2n) is 8.28. The van der Waals surface area contributed by atoms with E-state index in [0.717, 1.165) is 21.1 Å². The molecule has 2 aromatic rings. The van der Waals surface area contributed by atoms with E-state index >= 15 is 0 Å². The number of alkyl carbamates (subject to hydrolysis) is 1. The Kier molecular flexibility index (Phi) is 7.06. The normalized spacial score (nSPS) is 17.6. The van der Waals surface area contributed by atoms with E-state index in [1.54, 1.807) is 0 Å². The molecule has 1 heterocycles. The van der Waals surface area contributed by atoms with Crippen molar-refractivity contribution in [3.05, 3.63) is 75.7 Å². The molecule has 1 N–H and O–H groups in total. The van der Waals surface area contributed by atoms with Crippen molar-refractivity contribution in [2.75, 3.05) is 6.54 Å². The fourth-order valence-corrected chi connectivity index (χ4v) is 3.37. The van der Waals surface area contributed by atoms with Gasteiger partial charge in [-0.1, -0.05) is 64.5 Å². The van der Waals surface area contributed by atoms with E-state index in [2.05, 4.69) is 21.2 Å². The molecule has 0 atom stereocenters. The second-order valence-corrected chi connectivity index (χ2v) is 9.19. The van der Waals surface area contributed by atoms with Gasteiger partial charge in [0, 0.05) is 11.0 Å². The van der Waals surface area contributed by atoms with Crippen LogP contribution in [0.25, 0.3) is 6.08 Å². The Balaban J connectivity index is 1.71. The molecular formula is C23H27BBrNO4. The fourth-order valence-electron chi connectivity index (χ4n) is 2.96. The zero-order valence-electron chi connectivity index (χ0n) is 17.8. The van der Waals surface area contributed by atoms with Crippen LogP contribution in [-0.2, 0) is 20.7 Å². The third-order valence-corrected chi connectivity index (χ3v) is 5.90. The van der Waals surface area contributed by atoms with E-state index in [9.17, 15) is 4.79 Å². The topological polar surface area (TPSA) is 56.8 Å². The SMILES string of the molecule is CC1(C)OB(C(=Cc2cccc(Br)c2)CNC(=O)OCc2ccccc2)OC1(C)C. The summed E-state index contributed by atoms with van der Waals surface area (Å²) >= 11 is 3.50. The number of hydrogen-bond donors (Lipinski definition) is 1. The molecule has 1 fully saturated rings. The molecule has 1 aliphatic heterocycles. The monoisotopic (exact) mass is 471 g/mol. The smallest absolute Gasteiger partial charge is 0.445 e. The van der Waals surface area contributed by atoms with Crippen molar-refractivity contribution in [2.45, 2.75) is 45.5 Å². The molecule has 0 saturated carbocycles. The Bertz CT molecular complexity index is 898.